The SMILES string of the molecule is COc1cc2c(cc1O)C(c1ccc(OC3OC(C(=O)O)C(O)C(O)C3O)c(OC)c1)C(CO)C(CO)C2. The Bertz CT molecular complexity index is 1150. The molecule has 2 aliphatic rings. The first kappa shape index (κ1) is 27.9. The summed E-state index contributed by atoms with van der Waals surface area (Å²) >= 11 is 0. The van der Waals surface area contributed by atoms with Crippen molar-refractivity contribution in [1.82, 2.24) is 0 Å². The summed E-state index contributed by atoms with van der Waals surface area (Å²) in [6, 6.07) is 8.09. The molecular weight excluding hydrogens is 504 g/mol. The molecule has 1 aliphatic carbocycles. The van der Waals surface area contributed by atoms with Gasteiger partial charge in [-0.2, -0.15) is 0 Å². The number of aliphatic hydroxyl groups excluding tert-OH is 5. The Labute approximate surface area is 218 Å². The summed E-state index contributed by atoms with van der Waals surface area (Å²) < 4.78 is 21.6. The van der Waals surface area contributed by atoms with Crippen molar-refractivity contribution in [2.45, 2.75) is 43.0 Å². The van der Waals surface area contributed by atoms with E-state index in [1.807, 2.05) is 0 Å². The number of aliphatic carboxylic acids is 1. The van der Waals surface area contributed by atoms with Crippen molar-refractivity contribution in [3.8, 4) is 23.0 Å². The van der Waals surface area contributed by atoms with Crippen LogP contribution in [0.2, 0.25) is 0 Å². The van der Waals surface area contributed by atoms with Gasteiger partial charge >= 0.3 is 5.97 Å². The van der Waals surface area contributed by atoms with Crippen LogP contribution in [0.4, 0.5) is 0 Å². The first-order valence-corrected chi connectivity index (χ1v) is 12.0. The van der Waals surface area contributed by atoms with E-state index < -0.39 is 48.5 Å². The molecule has 2 aromatic rings. The van der Waals surface area contributed by atoms with Gasteiger partial charge in [0.25, 0.3) is 0 Å². The molecule has 1 aliphatic heterocycles. The second kappa shape index (κ2) is 11.3. The number of hydrogen-bond donors (Lipinski definition) is 7. The van der Waals surface area contributed by atoms with Crippen LogP contribution in [0.5, 0.6) is 23.0 Å². The highest BCUT2D eigenvalue weighted by atomic mass is 16.7. The summed E-state index contributed by atoms with van der Waals surface area (Å²) in [6.07, 6.45) is -8.42. The fourth-order valence-electron chi connectivity index (χ4n) is 5.32. The van der Waals surface area contributed by atoms with Crippen molar-refractivity contribution in [1.29, 1.82) is 0 Å². The van der Waals surface area contributed by atoms with Gasteiger partial charge in [-0.3, -0.25) is 0 Å². The number of phenols is 1. The smallest absolute Gasteiger partial charge is 0.335 e. The second-order valence-corrected chi connectivity index (χ2v) is 9.46. The lowest BCUT2D eigenvalue weighted by molar-refractivity contribution is -0.271. The molecule has 0 radical (unpaired) electrons. The Kier molecular flexibility index (Phi) is 8.31. The number of fused-ring (bicyclic) bond motifs is 1. The van der Waals surface area contributed by atoms with Gasteiger partial charge < -0.3 is 54.7 Å². The highest BCUT2D eigenvalue weighted by Gasteiger charge is 2.48. The summed E-state index contributed by atoms with van der Waals surface area (Å²) in [7, 11) is 2.81. The zero-order valence-corrected chi connectivity index (χ0v) is 20.8. The van der Waals surface area contributed by atoms with Crippen molar-refractivity contribution in [2.24, 2.45) is 11.8 Å². The molecule has 12 nitrogen and oxygen atoms in total. The fraction of sp³-hybridized carbons (Fsp3) is 0.500. The van der Waals surface area contributed by atoms with E-state index in [-0.39, 0.29) is 36.4 Å². The van der Waals surface area contributed by atoms with Gasteiger partial charge in [-0.05, 0) is 59.2 Å². The molecule has 0 bridgehead atoms. The van der Waals surface area contributed by atoms with Crippen LogP contribution >= 0.6 is 0 Å². The largest absolute Gasteiger partial charge is 0.504 e. The van der Waals surface area contributed by atoms with Gasteiger partial charge in [-0.15, -0.1) is 0 Å². The molecular formula is C26H32O12. The minimum Gasteiger partial charge on any atom is -0.504 e. The van der Waals surface area contributed by atoms with E-state index in [1.165, 1.54) is 20.3 Å². The van der Waals surface area contributed by atoms with Crippen molar-refractivity contribution >= 4 is 5.97 Å². The van der Waals surface area contributed by atoms with Gasteiger partial charge in [0.1, 0.15) is 18.3 Å². The lowest BCUT2D eigenvalue weighted by Crippen LogP contribution is -2.61. The van der Waals surface area contributed by atoms with Crippen LogP contribution in [-0.2, 0) is 16.0 Å². The highest BCUT2D eigenvalue weighted by molar-refractivity contribution is 5.73. The number of carboxylic acids is 1. The Morgan fingerprint density at radius 3 is 2.26 bits per heavy atom. The van der Waals surface area contributed by atoms with Crippen molar-refractivity contribution in [2.75, 3.05) is 27.4 Å². The molecule has 1 saturated heterocycles. The molecule has 0 saturated carbocycles. The van der Waals surface area contributed by atoms with Crippen LogP contribution < -0.4 is 14.2 Å². The minimum absolute atomic E-state index is 0.0564. The quantitative estimate of drug-likeness (QED) is 0.231. The van der Waals surface area contributed by atoms with Crippen LogP contribution in [0, 0.1) is 11.8 Å². The Morgan fingerprint density at radius 2 is 1.66 bits per heavy atom. The van der Waals surface area contributed by atoms with Crippen molar-refractivity contribution in [3.05, 3.63) is 47.0 Å². The normalized spacial score (nSPS) is 30.8. The summed E-state index contributed by atoms with van der Waals surface area (Å²) in [6.45, 7) is -0.403. The number of aliphatic hydroxyl groups is 5. The molecule has 208 valence electrons. The standard InChI is InChI=1S/C26H32O12/c1-35-18-7-12-5-13(9-27)15(10-28)20(14(12)8-16(18)29)11-3-4-17(19(6-11)36-2)37-26-23(32)21(30)22(31)24(38-26)25(33)34/h3-4,6-8,13,15,20-24,26-32H,5,9-10H2,1-2H3,(H,33,34). The number of methoxy groups -OCH3 is 2. The molecule has 8 atom stereocenters. The van der Waals surface area contributed by atoms with Crippen LogP contribution in [0.25, 0.3) is 0 Å². The number of rotatable bonds is 8. The van der Waals surface area contributed by atoms with Gasteiger partial charge in [0.2, 0.25) is 6.29 Å². The third-order valence-electron chi connectivity index (χ3n) is 7.34. The summed E-state index contributed by atoms with van der Waals surface area (Å²) in [4.78, 5) is 11.4. The third kappa shape index (κ3) is 4.98. The number of carboxylic acid groups (broad SMARTS) is 1. The van der Waals surface area contributed by atoms with Crippen LogP contribution in [-0.4, -0.2) is 99.9 Å². The maximum atomic E-state index is 11.4. The van der Waals surface area contributed by atoms with Gasteiger partial charge in [0.05, 0.1) is 14.2 Å². The monoisotopic (exact) mass is 536 g/mol. The summed E-state index contributed by atoms with van der Waals surface area (Å²) in [5.41, 5.74) is 2.26. The number of carbonyl (C=O) groups is 1. The molecule has 0 amide bonds. The maximum Gasteiger partial charge on any atom is 0.335 e. The fourth-order valence-corrected chi connectivity index (χ4v) is 5.32. The zero-order valence-electron chi connectivity index (χ0n) is 20.8. The summed E-state index contributed by atoms with van der Waals surface area (Å²) in [5, 5.41) is 70.4. The van der Waals surface area contributed by atoms with E-state index in [1.54, 1.807) is 24.3 Å². The number of aromatic hydroxyl groups is 1. The molecule has 8 unspecified atom stereocenters. The van der Waals surface area contributed by atoms with E-state index in [0.717, 1.165) is 11.1 Å². The zero-order chi connectivity index (χ0) is 27.7. The molecule has 38 heavy (non-hydrogen) atoms. The molecule has 1 heterocycles. The Balaban J connectivity index is 1.71. The van der Waals surface area contributed by atoms with Gasteiger partial charge in [0.15, 0.2) is 29.1 Å². The average molecular weight is 537 g/mol. The van der Waals surface area contributed by atoms with E-state index in [0.29, 0.717) is 17.7 Å². The Morgan fingerprint density at radius 1 is 0.947 bits per heavy atom. The van der Waals surface area contributed by atoms with Crippen LogP contribution in [0.1, 0.15) is 22.6 Å². The number of ether oxygens (including phenoxy) is 4. The van der Waals surface area contributed by atoms with Crippen molar-refractivity contribution in [3.63, 3.8) is 0 Å². The minimum atomic E-state index is -1.86. The number of benzene rings is 2. The average Bonchev–Trinajstić information content (AvgIpc) is 2.91. The lowest BCUT2D eigenvalue weighted by Gasteiger charge is -2.39. The summed E-state index contributed by atoms with van der Waals surface area (Å²) in [5.74, 6) is -2.21. The molecule has 0 spiro atoms. The van der Waals surface area contributed by atoms with E-state index in [9.17, 15) is 40.5 Å². The predicted molar refractivity (Wildman–Crippen MR) is 129 cm³/mol. The molecule has 1 fully saturated rings. The molecule has 7 N–H and O–H groups in total. The maximum absolute atomic E-state index is 11.4. The first-order chi connectivity index (χ1) is 18.1. The van der Waals surface area contributed by atoms with Gasteiger partial charge in [-0.1, -0.05) is 6.07 Å². The molecule has 0 aromatic heterocycles. The first-order valence-electron chi connectivity index (χ1n) is 12.0. The lowest BCUT2D eigenvalue weighted by atomic mass is 9.67. The van der Waals surface area contributed by atoms with E-state index >= 15 is 0 Å². The van der Waals surface area contributed by atoms with E-state index in [4.69, 9.17) is 18.9 Å². The molecule has 12 heteroatoms. The topological polar surface area (TPSA) is 196 Å². The van der Waals surface area contributed by atoms with Crippen LogP contribution in [0.15, 0.2) is 30.3 Å². The Hall–Kier alpha value is -3.13. The number of hydrogen-bond acceptors (Lipinski definition) is 11. The van der Waals surface area contributed by atoms with E-state index in [2.05, 4.69) is 0 Å². The third-order valence-corrected chi connectivity index (χ3v) is 7.34. The molecule has 2 aromatic carbocycles. The number of phenolic OH excluding ortho intramolecular Hbond substituents is 1. The predicted octanol–water partition coefficient (Wildman–Crippen LogP) is -0.415. The highest BCUT2D eigenvalue weighted by Crippen LogP contribution is 2.48. The van der Waals surface area contributed by atoms with Crippen LogP contribution in [0.3, 0.4) is 0 Å². The van der Waals surface area contributed by atoms with Gasteiger partial charge in [0, 0.05) is 19.1 Å². The molecule has 4 rings (SSSR count). The van der Waals surface area contributed by atoms with Gasteiger partial charge in [-0.25, -0.2) is 4.79 Å². The second-order valence-electron chi connectivity index (χ2n) is 9.46. The van der Waals surface area contributed by atoms with Crippen molar-refractivity contribution < 1.29 is 59.5 Å².